The first-order valence-corrected chi connectivity index (χ1v) is 23.6. The highest BCUT2D eigenvalue weighted by molar-refractivity contribution is 6.43. The maximum atomic E-state index is 13.1. The van der Waals surface area contributed by atoms with E-state index in [9.17, 15) is 29.4 Å². The van der Waals surface area contributed by atoms with Gasteiger partial charge in [0.2, 0.25) is 0 Å². The third kappa shape index (κ3) is 12.3. The Morgan fingerprint density at radius 2 is 0.868 bits per heavy atom. The number of carbonyl (C=O) groups excluding carboxylic acids is 2. The lowest BCUT2D eigenvalue weighted by atomic mass is 10.0. The monoisotopic (exact) mass is 994 g/mol. The minimum absolute atomic E-state index is 0.199. The van der Waals surface area contributed by atoms with E-state index in [0.29, 0.717) is 81.2 Å². The molecule has 2 amide bonds. The second-order valence-corrected chi connectivity index (χ2v) is 18.8. The lowest BCUT2D eigenvalue weighted by molar-refractivity contribution is -0.139. The number of carboxylic acids is 2. The molecule has 6 aromatic rings. The molecule has 8 rings (SSSR count). The smallest absolute Gasteiger partial charge is 0.307 e. The Balaban J connectivity index is 0.000000201. The fraction of sp³-hybridized carbons (Fsp3) is 0.259. The predicted octanol–water partition coefficient (Wildman–Crippen LogP) is 13.3. The molecule has 0 radical (unpaired) electrons. The maximum absolute atomic E-state index is 13.1. The van der Waals surface area contributed by atoms with Crippen LogP contribution in [0.15, 0.2) is 109 Å². The van der Waals surface area contributed by atoms with Gasteiger partial charge in [-0.3, -0.25) is 19.2 Å². The molecule has 2 aliphatic carbocycles. The van der Waals surface area contributed by atoms with E-state index in [1.54, 1.807) is 24.3 Å². The summed E-state index contributed by atoms with van der Waals surface area (Å²) in [5, 5.41) is 25.5. The molecule has 0 aliphatic heterocycles. The second kappa shape index (κ2) is 21.9. The number of hydrogen-bond acceptors (Lipinski definition) is 6. The molecule has 0 unspecified atom stereocenters. The SMILES string of the molecule is Cc1cc(OCCc2ccccc2)cc(C)c1C(=O)Nc1cc(Cl)c(Cl)c([C@@H]2C[C@H]2C(=O)O)c1.Cc1cc(OCCc2ccccc2)cc(C)c1C(=O)Nc1cc(Cl)c(Cl)c([C@H]2C[C@@H]2C(=O)O)c1. The van der Waals surface area contributed by atoms with Gasteiger partial charge in [0, 0.05) is 35.3 Å². The molecule has 0 spiro atoms. The van der Waals surface area contributed by atoms with Crippen molar-refractivity contribution in [3.8, 4) is 11.5 Å². The number of benzene rings is 6. The number of carbonyl (C=O) groups is 4. The normalized spacial score (nSPS) is 16.7. The summed E-state index contributed by atoms with van der Waals surface area (Å²) >= 11 is 25.2. The summed E-state index contributed by atoms with van der Waals surface area (Å²) in [5.41, 5.74) is 8.93. The molecule has 2 fully saturated rings. The van der Waals surface area contributed by atoms with Crippen LogP contribution in [0, 0.1) is 39.5 Å². The number of amides is 2. The van der Waals surface area contributed by atoms with E-state index in [0.717, 1.165) is 35.1 Å². The second-order valence-electron chi connectivity index (χ2n) is 17.2. The summed E-state index contributed by atoms with van der Waals surface area (Å²) in [5.74, 6) is -2.18. The minimum Gasteiger partial charge on any atom is -0.493 e. The number of aryl methyl sites for hydroxylation is 4. The van der Waals surface area contributed by atoms with Crippen LogP contribution in [0.4, 0.5) is 11.4 Å². The van der Waals surface area contributed by atoms with Crippen LogP contribution in [-0.4, -0.2) is 47.2 Å². The largest absolute Gasteiger partial charge is 0.493 e. The van der Waals surface area contributed by atoms with Gasteiger partial charge in [0.1, 0.15) is 11.5 Å². The van der Waals surface area contributed by atoms with Crippen LogP contribution in [0.25, 0.3) is 0 Å². The first-order chi connectivity index (χ1) is 32.5. The zero-order chi connectivity index (χ0) is 48.8. The molecule has 14 heteroatoms. The maximum Gasteiger partial charge on any atom is 0.307 e. The Kier molecular flexibility index (Phi) is 16.1. The number of carboxylic acid groups (broad SMARTS) is 2. The number of hydrogen-bond donors (Lipinski definition) is 4. The molecule has 68 heavy (non-hydrogen) atoms. The van der Waals surface area contributed by atoms with E-state index in [-0.39, 0.29) is 33.7 Å². The molecule has 0 heterocycles. The van der Waals surface area contributed by atoms with Gasteiger partial charge in [-0.05, 0) is 145 Å². The fourth-order valence-corrected chi connectivity index (χ4v) is 9.46. The molecule has 2 aliphatic rings. The van der Waals surface area contributed by atoms with Gasteiger partial charge in [0.15, 0.2) is 0 Å². The van der Waals surface area contributed by atoms with Gasteiger partial charge in [-0.15, -0.1) is 0 Å². The zero-order valence-corrected chi connectivity index (χ0v) is 40.8. The van der Waals surface area contributed by atoms with E-state index < -0.39 is 23.8 Å². The molecule has 2 saturated carbocycles. The summed E-state index contributed by atoms with van der Waals surface area (Å²) in [7, 11) is 0. The molecular weight excluding hydrogens is 946 g/mol. The molecule has 352 valence electrons. The van der Waals surface area contributed by atoms with E-state index >= 15 is 0 Å². The van der Waals surface area contributed by atoms with Crippen LogP contribution in [-0.2, 0) is 22.4 Å². The summed E-state index contributed by atoms with van der Waals surface area (Å²) in [6.07, 6.45) is 2.61. The first-order valence-electron chi connectivity index (χ1n) is 22.1. The summed E-state index contributed by atoms with van der Waals surface area (Å²) in [6.45, 7) is 8.56. The van der Waals surface area contributed by atoms with Crippen molar-refractivity contribution in [3.63, 3.8) is 0 Å². The van der Waals surface area contributed by atoms with E-state index in [2.05, 4.69) is 34.9 Å². The molecule has 0 aromatic heterocycles. The van der Waals surface area contributed by atoms with Gasteiger partial charge >= 0.3 is 11.9 Å². The van der Waals surface area contributed by atoms with Gasteiger partial charge in [-0.2, -0.15) is 0 Å². The van der Waals surface area contributed by atoms with Crippen LogP contribution >= 0.6 is 46.4 Å². The van der Waals surface area contributed by atoms with Crippen LogP contribution in [0.1, 0.15) is 89.9 Å². The number of aliphatic carboxylic acids is 2. The molecule has 4 atom stereocenters. The van der Waals surface area contributed by atoms with Gasteiger partial charge < -0.3 is 30.3 Å². The lowest BCUT2D eigenvalue weighted by Crippen LogP contribution is -2.15. The summed E-state index contributed by atoms with van der Waals surface area (Å²) in [4.78, 5) is 48.8. The van der Waals surface area contributed by atoms with Crippen molar-refractivity contribution in [1.82, 2.24) is 0 Å². The summed E-state index contributed by atoms with van der Waals surface area (Å²) in [6, 6.07) is 34.2. The quantitative estimate of drug-likeness (QED) is 0.0748. The van der Waals surface area contributed by atoms with Crippen molar-refractivity contribution in [2.45, 2.75) is 65.2 Å². The number of anilines is 2. The Labute approximate surface area is 415 Å². The first kappa shape index (κ1) is 49.9. The van der Waals surface area contributed by atoms with Crippen molar-refractivity contribution in [2.75, 3.05) is 23.8 Å². The Hall–Kier alpha value is -6.04. The number of ether oxygens (including phenoxy) is 2. The third-order valence-corrected chi connectivity index (χ3v) is 13.7. The topological polar surface area (TPSA) is 151 Å². The van der Waals surface area contributed by atoms with E-state index in [1.807, 2.05) is 88.4 Å². The number of nitrogens with one attached hydrogen (secondary N) is 2. The van der Waals surface area contributed by atoms with Crippen molar-refractivity contribution in [1.29, 1.82) is 0 Å². The fourth-order valence-electron chi connectivity index (χ4n) is 8.51. The van der Waals surface area contributed by atoms with Gasteiger partial charge in [-0.1, -0.05) is 107 Å². The molecule has 4 N–H and O–H groups in total. The lowest BCUT2D eigenvalue weighted by Gasteiger charge is -2.15. The minimum atomic E-state index is -0.857. The third-order valence-electron chi connectivity index (χ3n) is 12.1. The zero-order valence-electron chi connectivity index (χ0n) is 37.8. The average molecular weight is 997 g/mol. The average Bonchev–Trinajstić information content (AvgIpc) is 4.22. The highest BCUT2D eigenvalue weighted by Gasteiger charge is 2.46. The van der Waals surface area contributed by atoms with Crippen LogP contribution in [0.5, 0.6) is 11.5 Å². The van der Waals surface area contributed by atoms with E-state index in [1.165, 1.54) is 11.1 Å². The van der Waals surface area contributed by atoms with Gasteiger partial charge in [0.25, 0.3) is 11.8 Å². The molecule has 0 bridgehead atoms. The molecular formula is C54H50Cl4N2O8. The Morgan fingerprint density at radius 1 is 0.529 bits per heavy atom. The standard InChI is InChI=1S/2C27H25Cl2NO4/c2*1-15-10-19(34-9-8-17-6-4-3-5-7-17)11-16(2)24(15)26(31)30-18-12-21(25(29)23(28)13-18)20-14-22(20)27(32)33/h2*3-7,10-13,20,22H,8-9,14H2,1-2H3,(H,30,31)(H,32,33)/t2*20-,22+/m10/s1. The molecule has 0 saturated heterocycles. The predicted molar refractivity (Wildman–Crippen MR) is 269 cm³/mol. The molecule has 10 nitrogen and oxygen atoms in total. The highest BCUT2D eigenvalue weighted by atomic mass is 35.5. The van der Waals surface area contributed by atoms with Crippen molar-refractivity contribution in [3.05, 3.63) is 185 Å². The van der Waals surface area contributed by atoms with Gasteiger partial charge in [0.05, 0.1) is 45.1 Å². The number of rotatable bonds is 16. The van der Waals surface area contributed by atoms with E-state index in [4.69, 9.17) is 55.9 Å². The Bertz CT molecular complexity index is 2630. The highest BCUT2D eigenvalue weighted by Crippen LogP contribution is 2.53. The van der Waals surface area contributed by atoms with Crippen LogP contribution < -0.4 is 20.1 Å². The van der Waals surface area contributed by atoms with Crippen LogP contribution in [0.2, 0.25) is 20.1 Å². The van der Waals surface area contributed by atoms with Crippen molar-refractivity contribution in [2.24, 2.45) is 11.8 Å². The summed E-state index contributed by atoms with van der Waals surface area (Å²) < 4.78 is 11.8. The number of halogens is 4. The van der Waals surface area contributed by atoms with Crippen LogP contribution in [0.3, 0.4) is 0 Å². The molecule has 6 aromatic carbocycles. The van der Waals surface area contributed by atoms with Crippen molar-refractivity contribution < 1.29 is 38.9 Å². The Morgan fingerprint density at radius 3 is 1.18 bits per heavy atom. The van der Waals surface area contributed by atoms with Gasteiger partial charge in [-0.25, -0.2) is 0 Å². The van der Waals surface area contributed by atoms with Crippen molar-refractivity contribution >= 4 is 81.5 Å².